The normalized spacial score (nSPS) is 10.3. The van der Waals surface area contributed by atoms with Crippen LogP contribution in [-0.2, 0) is 6.61 Å². The van der Waals surface area contributed by atoms with E-state index in [-0.39, 0.29) is 5.56 Å². The zero-order chi connectivity index (χ0) is 14.5. The molecule has 104 valence electrons. The van der Waals surface area contributed by atoms with Gasteiger partial charge in [-0.3, -0.25) is 4.79 Å². The summed E-state index contributed by atoms with van der Waals surface area (Å²) in [5.74, 6) is 0.799. The fourth-order valence-electron chi connectivity index (χ4n) is 2.14. The zero-order valence-electron chi connectivity index (χ0n) is 11.5. The predicted octanol–water partition coefficient (Wildman–Crippen LogP) is 3.62. The van der Waals surface area contributed by atoms with Crippen molar-refractivity contribution in [1.82, 2.24) is 4.98 Å². The van der Waals surface area contributed by atoms with E-state index in [1.165, 1.54) is 6.07 Å². The summed E-state index contributed by atoms with van der Waals surface area (Å²) in [6, 6.07) is 21.2. The molecule has 1 N–H and O–H groups in total. The summed E-state index contributed by atoms with van der Waals surface area (Å²) in [5, 5.41) is 0. The highest BCUT2D eigenvalue weighted by molar-refractivity contribution is 5.69. The second-order valence-electron chi connectivity index (χ2n) is 4.71. The van der Waals surface area contributed by atoms with E-state index >= 15 is 0 Å². The van der Waals surface area contributed by atoms with Crippen molar-refractivity contribution in [3.05, 3.63) is 88.8 Å². The van der Waals surface area contributed by atoms with Gasteiger partial charge in [0.25, 0.3) is 0 Å². The minimum absolute atomic E-state index is 0.110. The van der Waals surface area contributed by atoms with E-state index in [1.54, 1.807) is 12.3 Å². The van der Waals surface area contributed by atoms with Crippen molar-refractivity contribution in [2.24, 2.45) is 0 Å². The first kappa shape index (κ1) is 13.2. The van der Waals surface area contributed by atoms with Gasteiger partial charge in [-0.1, -0.05) is 48.5 Å². The highest BCUT2D eigenvalue weighted by atomic mass is 16.5. The second-order valence-corrected chi connectivity index (χ2v) is 4.71. The Labute approximate surface area is 122 Å². The first-order valence-corrected chi connectivity index (χ1v) is 6.78. The Morgan fingerprint density at radius 1 is 0.857 bits per heavy atom. The molecule has 0 amide bonds. The predicted molar refractivity (Wildman–Crippen MR) is 83.3 cm³/mol. The number of rotatable bonds is 4. The van der Waals surface area contributed by atoms with E-state index in [0.717, 1.165) is 22.4 Å². The standard InChI is InChI=1S/C18H15NO2/c20-18-11-10-15(12-19-18)16-8-4-5-9-17(16)21-13-14-6-2-1-3-7-14/h1-12H,13H2,(H,19,20). The average Bonchev–Trinajstić information content (AvgIpc) is 2.55. The van der Waals surface area contributed by atoms with Crippen molar-refractivity contribution in [2.75, 3.05) is 0 Å². The summed E-state index contributed by atoms with van der Waals surface area (Å²) >= 11 is 0. The molecule has 0 aliphatic carbocycles. The lowest BCUT2D eigenvalue weighted by atomic mass is 10.1. The Kier molecular flexibility index (Phi) is 3.83. The number of para-hydroxylation sites is 1. The highest BCUT2D eigenvalue weighted by Gasteiger charge is 2.06. The molecule has 0 atom stereocenters. The van der Waals surface area contributed by atoms with Crippen LogP contribution in [0.25, 0.3) is 11.1 Å². The number of benzene rings is 2. The quantitative estimate of drug-likeness (QED) is 0.791. The van der Waals surface area contributed by atoms with Crippen LogP contribution in [0.2, 0.25) is 0 Å². The van der Waals surface area contributed by atoms with Crippen molar-refractivity contribution in [2.45, 2.75) is 6.61 Å². The minimum atomic E-state index is -0.110. The molecule has 0 unspecified atom stereocenters. The maximum Gasteiger partial charge on any atom is 0.247 e. The third-order valence-corrected chi connectivity index (χ3v) is 3.22. The molecule has 3 heteroatoms. The van der Waals surface area contributed by atoms with Crippen LogP contribution >= 0.6 is 0 Å². The van der Waals surface area contributed by atoms with Crippen molar-refractivity contribution in [3.8, 4) is 16.9 Å². The van der Waals surface area contributed by atoms with Crippen LogP contribution in [-0.4, -0.2) is 4.98 Å². The Morgan fingerprint density at radius 2 is 1.62 bits per heavy atom. The lowest BCUT2D eigenvalue weighted by Crippen LogP contribution is -2.02. The molecule has 0 radical (unpaired) electrons. The second kappa shape index (κ2) is 6.09. The fraction of sp³-hybridized carbons (Fsp3) is 0.0556. The molecule has 2 aromatic carbocycles. The van der Waals surface area contributed by atoms with Gasteiger partial charge in [0.05, 0.1) is 0 Å². The molecular formula is C18H15NO2. The third-order valence-electron chi connectivity index (χ3n) is 3.22. The minimum Gasteiger partial charge on any atom is -0.488 e. The van der Waals surface area contributed by atoms with Crippen molar-refractivity contribution < 1.29 is 4.74 Å². The fourth-order valence-corrected chi connectivity index (χ4v) is 2.14. The van der Waals surface area contributed by atoms with Crippen LogP contribution in [0.4, 0.5) is 0 Å². The van der Waals surface area contributed by atoms with Gasteiger partial charge in [0.1, 0.15) is 12.4 Å². The summed E-state index contributed by atoms with van der Waals surface area (Å²) in [6.45, 7) is 0.515. The highest BCUT2D eigenvalue weighted by Crippen LogP contribution is 2.29. The zero-order valence-corrected chi connectivity index (χ0v) is 11.5. The van der Waals surface area contributed by atoms with E-state index in [0.29, 0.717) is 6.61 Å². The average molecular weight is 277 g/mol. The summed E-state index contributed by atoms with van der Waals surface area (Å²) < 4.78 is 5.92. The number of aromatic amines is 1. The van der Waals surface area contributed by atoms with Gasteiger partial charge < -0.3 is 9.72 Å². The molecule has 1 aromatic heterocycles. The van der Waals surface area contributed by atoms with Crippen molar-refractivity contribution in [1.29, 1.82) is 0 Å². The molecule has 0 aliphatic rings. The number of pyridine rings is 1. The van der Waals surface area contributed by atoms with Crippen LogP contribution in [0.1, 0.15) is 5.56 Å². The van der Waals surface area contributed by atoms with Crippen LogP contribution in [0.5, 0.6) is 5.75 Å². The number of H-pyrrole nitrogens is 1. The van der Waals surface area contributed by atoms with Gasteiger partial charge in [-0.15, -0.1) is 0 Å². The third kappa shape index (κ3) is 3.20. The number of nitrogens with one attached hydrogen (secondary N) is 1. The summed E-state index contributed by atoms with van der Waals surface area (Å²) in [7, 11) is 0. The number of hydrogen-bond donors (Lipinski definition) is 1. The molecular weight excluding hydrogens is 262 g/mol. The number of ether oxygens (including phenoxy) is 1. The first-order valence-electron chi connectivity index (χ1n) is 6.78. The Hall–Kier alpha value is -2.81. The Bertz CT molecular complexity index is 758. The molecule has 3 rings (SSSR count). The van der Waals surface area contributed by atoms with Gasteiger partial charge in [0.15, 0.2) is 0 Å². The van der Waals surface area contributed by atoms with Gasteiger partial charge in [0.2, 0.25) is 5.56 Å². The Morgan fingerprint density at radius 3 is 2.38 bits per heavy atom. The number of aromatic nitrogens is 1. The molecule has 0 spiro atoms. The van der Waals surface area contributed by atoms with Gasteiger partial charge in [-0.2, -0.15) is 0 Å². The van der Waals surface area contributed by atoms with E-state index in [9.17, 15) is 4.79 Å². The van der Waals surface area contributed by atoms with Gasteiger partial charge >= 0.3 is 0 Å². The van der Waals surface area contributed by atoms with E-state index in [1.807, 2.05) is 54.6 Å². The molecule has 0 saturated carbocycles. The number of hydrogen-bond acceptors (Lipinski definition) is 2. The van der Waals surface area contributed by atoms with Crippen molar-refractivity contribution >= 4 is 0 Å². The smallest absolute Gasteiger partial charge is 0.247 e. The Balaban J connectivity index is 1.86. The maximum absolute atomic E-state index is 11.2. The van der Waals surface area contributed by atoms with Gasteiger partial charge in [-0.05, 0) is 17.7 Å². The van der Waals surface area contributed by atoms with Gasteiger partial charge in [-0.25, -0.2) is 0 Å². The monoisotopic (exact) mass is 277 g/mol. The summed E-state index contributed by atoms with van der Waals surface area (Å²) in [6.07, 6.45) is 1.70. The first-order chi connectivity index (χ1) is 10.3. The van der Waals surface area contributed by atoms with Gasteiger partial charge in [0, 0.05) is 23.4 Å². The molecule has 3 nitrogen and oxygen atoms in total. The van der Waals surface area contributed by atoms with Crippen LogP contribution in [0.15, 0.2) is 77.7 Å². The lowest BCUT2D eigenvalue weighted by Gasteiger charge is -2.11. The largest absolute Gasteiger partial charge is 0.488 e. The van der Waals surface area contributed by atoms with E-state index in [2.05, 4.69) is 4.98 Å². The summed E-state index contributed by atoms with van der Waals surface area (Å²) in [5.41, 5.74) is 2.90. The molecule has 0 bridgehead atoms. The molecule has 0 aliphatic heterocycles. The molecule has 1 heterocycles. The van der Waals surface area contributed by atoms with E-state index in [4.69, 9.17) is 4.74 Å². The van der Waals surface area contributed by atoms with Crippen molar-refractivity contribution in [3.63, 3.8) is 0 Å². The topological polar surface area (TPSA) is 42.1 Å². The van der Waals surface area contributed by atoms with Crippen LogP contribution in [0.3, 0.4) is 0 Å². The molecule has 21 heavy (non-hydrogen) atoms. The lowest BCUT2D eigenvalue weighted by molar-refractivity contribution is 0.307. The molecule has 3 aromatic rings. The SMILES string of the molecule is O=c1ccc(-c2ccccc2OCc2ccccc2)c[nH]1. The van der Waals surface area contributed by atoms with E-state index < -0.39 is 0 Å². The molecule has 0 fully saturated rings. The summed E-state index contributed by atoms with van der Waals surface area (Å²) in [4.78, 5) is 13.9. The van der Waals surface area contributed by atoms with Crippen LogP contribution < -0.4 is 10.3 Å². The maximum atomic E-state index is 11.2. The molecule has 0 saturated heterocycles. The van der Waals surface area contributed by atoms with Crippen LogP contribution in [0, 0.1) is 0 Å².